The van der Waals surface area contributed by atoms with Crippen LogP contribution in [-0.2, 0) is 4.79 Å². The number of nitrogens with zero attached hydrogens (tertiary/aromatic N) is 2. The van der Waals surface area contributed by atoms with Crippen LogP contribution in [0.2, 0.25) is 0 Å². The summed E-state index contributed by atoms with van der Waals surface area (Å²) in [5.41, 5.74) is 5.49. The zero-order valence-corrected chi connectivity index (χ0v) is 10.5. The van der Waals surface area contributed by atoms with Crippen LogP contribution in [0.5, 0.6) is 0 Å². The Morgan fingerprint density at radius 1 is 1.47 bits per heavy atom. The highest BCUT2D eigenvalue weighted by Gasteiger charge is 2.57. The Morgan fingerprint density at radius 3 is 2.53 bits per heavy atom. The van der Waals surface area contributed by atoms with E-state index in [4.69, 9.17) is 10.9 Å². The van der Waals surface area contributed by atoms with Crippen LogP contribution in [0.15, 0.2) is 5.16 Å². The number of fused-ring (bicyclic) bond motifs is 1. The molecule has 96 valence electrons. The molecule has 0 spiro atoms. The van der Waals surface area contributed by atoms with E-state index in [9.17, 15) is 4.79 Å². The zero-order chi connectivity index (χ0) is 12.6. The molecule has 5 nitrogen and oxygen atoms in total. The second kappa shape index (κ2) is 4.55. The molecule has 17 heavy (non-hydrogen) atoms. The molecule has 0 aliphatic heterocycles. The third kappa shape index (κ3) is 2.23. The Labute approximate surface area is 102 Å². The lowest BCUT2D eigenvalue weighted by Gasteiger charge is -2.27. The SMILES string of the molecule is CC(C)N(CC(N)=NO)C(=O)C1C2CCCC21. The van der Waals surface area contributed by atoms with Gasteiger partial charge < -0.3 is 15.8 Å². The Morgan fingerprint density at radius 2 is 2.06 bits per heavy atom. The number of amides is 1. The first-order valence-corrected chi connectivity index (χ1v) is 6.33. The highest BCUT2D eigenvalue weighted by Crippen LogP contribution is 2.58. The molecule has 5 heteroatoms. The highest BCUT2D eigenvalue weighted by atomic mass is 16.4. The van der Waals surface area contributed by atoms with Crippen molar-refractivity contribution in [2.75, 3.05) is 6.54 Å². The van der Waals surface area contributed by atoms with Gasteiger partial charge in [0, 0.05) is 12.0 Å². The molecule has 2 fully saturated rings. The number of rotatable bonds is 4. The zero-order valence-electron chi connectivity index (χ0n) is 10.5. The highest BCUT2D eigenvalue weighted by molar-refractivity contribution is 5.89. The maximum absolute atomic E-state index is 12.3. The molecule has 1 amide bonds. The Balaban J connectivity index is 1.99. The molecule has 2 saturated carbocycles. The molecule has 2 aliphatic rings. The third-order valence-electron chi connectivity index (χ3n) is 4.06. The number of nitrogens with two attached hydrogens (primary N) is 1. The summed E-state index contributed by atoms with van der Waals surface area (Å²) < 4.78 is 0. The average Bonchev–Trinajstić information content (AvgIpc) is 2.77. The van der Waals surface area contributed by atoms with Crippen LogP contribution in [0, 0.1) is 17.8 Å². The van der Waals surface area contributed by atoms with Gasteiger partial charge in [-0.25, -0.2) is 0 Å². The van der Waals surface area contributed by atoms with Crippen LogP contribution in [0.1, 0.15) is 33.1 Å². The molecule has 0 aromatic carbocycles. The summed E-state index contributed by atoms with van der Waals surface area (Å²) in [6, 6.07) is 0.0872. The van der Waals surface area contributed by atoms with E-state index in [0.717, 1.165) is 0 Å². The van der Waals surface area contributed by atoms with E-state index in [-0.39, 0.29) is 30.2 Å². The lowest BCUT2D eigenvalue weighted by atomic mass is 10.1. The van der Waals surface area contributed by atoms with E-state index in [1.165, 1.54) is 19.3 Å². The van der Waals surface area contributed by atoms with Gasteiger partial charge in [-0.2, -0.15) is 0 Å². The molecule has 0 aromatic rings. The fourth-order valence-electron chi connectivity index (χ4n) is 3.10. The summed E-state index contributed by atoms with van der Waals surface area (Å²) in [5.74, 6) is 1.70. The molecule has 3 N–H and O–H groups in total. The van der Waals surface area contributed by atoms with Crippen LogP contribution in [0.4, 0.5) is 0 Å². The standard InChI is InChI=1S/C12H21N3O2/c1-7(2)15(6-10(13)14-17)12(16)11-8-4-3-5-9(8)11/h7-9,11,17H,3-6H2,1-2H3,(H2,13,14). The predicted molar refractivity (Wildman–Crippen MR) is 64.6 cm³/mol. The number of carbonyl (C=O) groups is 1. The van der Waals surface area contributed by atoms with Crippen molar-refractivity contribution in [3.8, 4) is 0 Å². The van der Waals surface area contributed by atoms with E-state index in [1.54, 1.807) is 4.90 Å². The van der Waals surface area contributed by atoms with Crippen molar-refractivity contribution >= 4 is 11.7 Å². The predicted octanol–water partition coefficient (Wildman–Crippen LogP) is 1.02. The van der Waals surface area contributed by atoms with Crippen molar-refractivity contribution in [3.05, 3.63) is 0 Å². The number of amidine groups is 1. The molecular weight excluding hydrogens is 218 g/mol. The minimum absolute atomic E-state index is 0.0872. The fourth-order valence-corrected chi connectivity index (χ4v) is 3.10. The van der Waals surface area contributed by atoms with Gasteiger partial charge >= 0.3 is 0 Å². The van der Waals surface area contributed by atoms with Crippen molar-refractivity contribution in [1.29, 1.82) is 0 Å². The molecule has 0 bridgehead atoms. The van der Waals surface area contributed by atoms with Gasteiger partial charge in [0.25, 0.3) is 0 Å². The van der Waals surface area contributed by atoms with E-state index in [1.807, 2.05) is 13.8 Å². The molecule has 0 radical (unpaired) electrons. The van der Waals surface area contributed by atoms with Crippen molar-refractivity contribution in [1.82, 2.24) is 4.90 Å². The summed E-state index contributed by atoms with van der Waals surface area (Å²) in [6.07, 6.45) is 3.65. The van der Waals surface area contributed by atoms with Crippen LogP contribution >= 0.6 is 0 Å². The maximum atomic E-state index is 12.3. The Kier molecular flexibility index (Phi) is 3.26. The number of carbonyl (C=O) groups excluding carboxylic acids is 1. The normalized spacial score (nSPS) is 31.5. The molecular formula is C12H21N3O2. The third-order valence-corrected chi connectivity index (χ3v) is 4.06. The molecule has 2 rings (SSSR count). The number of hydrogen-bond donors (Lipinski definition) is 2. The second-order valence-electron chi connectivity index (χ2n) is 5.44. The lowest BCUT2D eigenvalue weighted by molar-refractivity contribution is -0.134. The van der Waals surface area contributed by atoms with Gasteiger partial charge in [0.1, 0.15) is 0 Å². The fraction of sp³-hybridized carbons (Fsp3) is 0.833. The van der Waals surface area contributed by atoms with Crippen LogP contribution < -0.4 is 5.73 Å². The Bertz CT molecular complexity index is 331. The van der Waals surface area contributed by atoms with Crippen molar-refractivity contribution < 1.29 is 10.0 Å². The Hall–Kier alpha value is -1.26. The topological polar surface area (TPSA) is 78.9 Å². The quantitative estimate of drug-likeness (QED) is 0.333. The monoisotopic (exact) mass is 239 g/mol. The summed E-state index contributed by atoms with van der Waals surface area (Å²) in [6.45, 7) is 4.14. The van der Waals surface area contributed by atoms with Crippen molar-refractivity contribution in [2.45, 2.75) is 39.2 Å². The largest absolute Gasteiger partial charge is 0.409 e. The van der Waals surface area contributed by atoms with Crippen molar-refractivity contribution in [3.63, 3.8) is 0 Å². The first-order valence-electron chi connectivity index (χ1n) is 6.33. The minimum Gasteiger partial charge on any atom is -0.409 e. The number of oxime groups is 1. The van der Waals surface area contributed by atoms with Gasteiger partial charge in [0.15, 0.2) is 5.84 Å². The summed E-state index contributed by atoms with van der Waals surface area (Å²) in [7, 11) is 0. The molecule has 0 heterocycles. The smallest absolute Gasteiger partial charge is 0.226 e. The van der Waals surface area contributed by atoms with Crippen LogP contribution in [0.25, 0.3) is 0 Å². The van der Waals surface area contributed by atoms with Crippen molar-refractivity contribution in [2.24, 2.45) is 28.6 Å². The summed E-state index contributed by atoms with van der Waals surface area (Å²) in [4.78, 5) is 14.1. The van der Waals surface area contributed by atoms with E-state index in [2.05, 4.69) is 5.16 Å². The second-order valence-corrected chi connectivity index (χ2v) is 5.44. The first-order chi connectivity index (χ1) is 8.06. The van der Waals surface area contributed by atoms with Crippen LogP contribution in [-0.4, -0.2) is 34.4 Å². The average molecular weight is 239 g/mol. The van der Waals surface area contributed by atoms with Gasteiger partial charge in [0.2, 0.25) is 5.91 Å². The van der Waals surface area contributed by atoms with E-state index in [0.29, 0.717) is 11.8 Å². The van der Waals surface area contributed by atoms with Gasteiger partial charge in [-0.3, -0.25) is 4.79 Å². The van der Waals surface area contributed by atoms with E-state index >= 15 is 0 Å². The molecule has 2 aliphatic carbocycles. The summed E-state index contributed by atoms with van der Waals surface area (Å²) in [5, 5.41) is 11.5. The van der Waals surface area contributed by atoms with Gasteiger partial charge in [0.05, 0.1) is 6.54 Å². The molecule has 0 saturated heterocycles. The maximum Gasteiger partial charge on any atom is 0.226 e. The van der Waals surface area contributed by atoms with E-state index < -0.39 is 0 Å². The molecule has 2 atom stereocenters. The molecule has 0 aromatic heterocycles. The first kappa shape index (κ1) is 12.2. The summed E-state index contributed by atoms with van der Waals surface area (Å²) >= 11 is 0. The van der Waals surface area contributed by atoms with Gasteiger partial charge in [-0.1, -0.05) is 11.6 Å². The minimum atomic E-state index is 0.0872. The van der Waals surface area contributed by atoms with Gasteiger partial charge in [-0.05, 0) is 38.5 Å². The van der Waals surface area contributed by atoms with Crippen LogP contribution in [0.3, 0.4) is 0 Å². The molecule has 2 unspecified atom stereocenters. The lowest BCUT2D eigenvalue weighted by Crippen LogP contribution is -2.44. The number of hydrogen-bond acceptors (Lipinski definition) is 3. The van der Waals surface area contributed by atoms with Gasteiger partial charge in [-0.15, -0.1) is 0 Å².